The summed E-state index contributed by atoms with van der Waals surface area (Å²) < 4.78 is 6.97. The zero-order valence-corrected chi connectivity index (χ0v) is 15.6. The van der Waals surface area contributed by atoms with E-state index >= 15 is 0 Å². The van der Waals surface area contributed by atoms with Crippen LogP contribution in [0.1, 0.15) is 49.8 Å². The maximum absolute atomic E-state index is 12.1. The standard InChI is InChI=1S/C17H22N8O2/c1-4-5-9-24-15(18-21-23-24)11-25-20-16(19-22-25)13-7-6-8-14(10-13)17(26)27-12(2)3/h6-8,10,12H,4-5,9,11H2,1-3H3. The highest BCUT2D eigenvalue weighted by molar-refractivity contribution is 5.90. The molecule has 0 amide bonds. The van der Waals surface area contributed by atoms with Gasteiger partial charge in [-0.3, -0.25) is 0 Å². The van der Waals surface area contributed by atoms with Crippen molar-refractivity contribution in [2.75, 3.05) is 0 Å². The minimum Gasteiger partial charge on any atom is -0.459 e. The number of esters is 1. The van der Waals surface area contributed by atoms with Gasteiger partial charge in [0.15, 0.2) is 5.82 Å². The summed E-state index contributed by atoms with van der Waals surface area (Å²) in [6.45, 7) is 6.80. The topological polar surface area (TPSA) is 114 Å². The van der Waals surface area contributed by atoms with Crippen LogP contribution in [0.5, 0.6) is 0 Å². The van der Waals surface area contributed by atoms with E-state index in [9.17, 15) is 4.79 Å². The quantitative estimate of drug-likeness (QED) is 0.551. The average Bonchev–Trinajstić information content (AvgIpc) is 3.29. The zero-order chi connectivity index (χ0) is 19.2. The van der Waals surface area contributed by atoms with Crippen LogP contribution < -0.4 is 0 Å². The molecule has 2 aromatic heterocycles. The van der Waals surface area contributed by atoms with Crippen LogP contribution in [-0.4, -0.2) is 52.5 Å². The summed E-state index contributed by atoms with van der Waals surface area (Å²) >= 11 is 0. The van der Waals surface area contributed by atoms with Crippen molar-refractivity contribution in [3.63, 3.8) is 0 Å². The van der Waals surface area contributed by atoms with E-state index in [1.54, 1.807) is 22.9 Å². The van der Waals surface area contributed by atoms with Gasteiger partial charge in [0.05, 0.1) is 11.7 Å². The van der Waals surface area contributed by atoms with Gasteiger partial charge in [0.2, 0.25) is 5.82 Å². The third kappa shape index (κ3) is 4.72. The summed E-state index contributed by atoms with van der Waals surface area (Å²) in [6, 6.07) is 6.97. The second-order valence-corrected chi connectivity index (χ2v) is 6.35. The van der Waals surface area contributed by atoms with Gasteiger partial charge >= 0.3 is 5.97 Å². The zero-order valence-electron chi connectivity index (χ0n) is 15.6. The number of unbranched alkanes of at least 4 members (excludes halogenated alkanes) is 1. The predicted molar refractivity (Wildman–Crippen MR) is 95.6 cm³/mol. The first-order chi connectivity index (χ1) is 13.1. The van der Waals surface area contributed by atoms with Gasteiger partial charge in [-0.1, -0.05) is 25.5 Å². The molecule has 3 rings (SSSR count). The van der Waals surface area contributed by atoms with E-state index in [1.165, 1.54) is 4.80 Å². The molecule has 0 saturated heterocycles. The molecular weight excluding hydrogens is 348 g/mol. The predicted octanol–water partition coefficient (Wildman–Crippen LogP) is 1.74. The number of nitrogens with zero attached hydrogens (tertiary/aromatic N) is 8. The second kappa shape index (κ2) is 8.47. The molecule has 10 nitrogen and oxygen atoms in total. The molecule has 27 heavy (non-hydrogen) atoms. The van der Waals surface area contributed by atoms with Gasteiger partial charge in [-0.2, -0.15) is 4.80 Å². The lowest BCUT2D eigenvalue weighted by Crippen LogP contribution is -2.12. The summed E-state index contributed by atoms with van der Waals surface area (Å²) in [4.78, 5) is 13.5. The lowest BCUT2D eigenvalue weighted by Gasteiger charge is -2.08. The Morgan fingerprint density at radius 1 is 1.22 bits per heavy atom. The number of tetrazole rings is 2. The normalized spacial score (nSPS) is 11.1. The number of rotatable bonds is 8. The van der Waals surface area contributed by atoms with Crippen molar-refractivity contribution in [3.8, 4) is 11.4 Å². The van der Waals surface area contributed by atoms with E-state index in [-0.39, 0.29) is 12.1 Å². The van der Waals surface area contributed by atoms with Crippen molar-refractivity contribution in [2.24, 2.45) is 0 Å². The Bertz CT molecular complexity index is 902. The summed E-state index contributed by atoms with van der Waals surface area (Å²) in [6.07, 6.45) is 1.87. The van der Waals surface area contributed by atoms with E-state index in [2.05, 4.69) is 37.9 Å². The van der Waals surface area contributed by atoms with Crippen LogP contribution in [0.3, 0.4) is 0 Å². The fourth-order valence-electron chi connectivity index (χ4n) is 2.44. The SMILES string of the molecule is CCCCn1nnnc1Cn1nnc(-c2cccc(C(=O)OC(C)C)c2)n1. The second-order valence-electron chi connectivity index (χ2n) is 6.35. The fourth-order valence-corrected chi connectivity index (χ4v) is 2.44. The molecule has 0 atom stereocenters. The first-order valence-electron chi connectivity index (χ1n) is 8.91. The van der Waals surface area contributed by atoms with Gasteiger partial charge in [0.1, 0.15) is 6.54 Å². The van der Waals surface area contributed by atoms with Gasteiger partial charge in [-0.05, 0) is 48.0 Å². The molecule has 1 aromatic carbocycles. The smallest absolute Gasteiger partial charge is 0.338 e. The average molecular weight is 370 g/mol. The Morgan fingerprint density at radius 3 is 2.85 bits per heavy atom. The number of benzene rings is 1. The lowest BCUT2D eigenvalue weighted by atomic mass is 10.1. The van der Waals surface area contributed by atoms with Gasteiger partial charge in [-0.15, -0.1) is 15.3 Å². The number of carbonyl (C=O) groups excluding carboxylic acids is 1. The first kappa shape index (κ1) is 18.6. The van der Waals surface area contributed by atoms with E-state index in [1.807, 2.05) is 19.9 Å². The molecule has 0 aliphatic heterocycles. The molecule has 0 N–H and O–H groups in total. The maximum atomic E-state index is 12.1. The highest BCUT2D eigenvalue weighted by Crippen LogP contribution is 2.16. The number of hydrogen-bond acceptors (Lipinski definition) is 8. The Labute approximate surface area is 156 Å². The third-order valence-corrected chi connectivity index (χ3v) is 3.76. The molecule has 0 aliphatic rings. The van der Waals surface area contributed by atoms with Crippen molar-refractivity contribution in [3.05, 3.63) is 35.7 Å². The molecule has 0 fully saturated rings. The molecule has 0 unspecified atom stereocenters. The molecular formula is C17H22N8O2. The maximum Gasteiger partial charge on any atom is 0.338 e. The number of carbonyl (C=O) groups is 1. The molecule has 10 heteroatoms. The van der Waals surface area contributed by atoms with Crippen LogP contribution in [0.15, 0.2) is 24.3 Å². The minimum absolute atomic E-state index is 0.182. The number of aryl methyl sites for hydroxylation is 1. The number of aromatic nitrogens is 8. The molecule has 0 aliphatic carbocycles. The fraction of sp³-hybridized carbons (Fsp3) is 0.471. The Hall–Kier alpha value is -3.17. The Morgan fingerprint density at radius 2 is 2.07 bits per heavy atom. The molecule has 3 aromatic rings. The van der Waals surface area contributed by atoms with Gasteiger partial charge in [0, 0.05) is 12.1 Å². The van der Waals surface area contributed by atoms with Crippen LogP contribution >= 0.6 is 0 Å². The highest BCUT2D eigenvalue weighted by atomic mass is 16.5. The van der Waals surface area contributed by atoms with E-state index in [0.29, 0.717) is 29.3 Å². The van der Waals surface area contributed by atoms with Crippen LogP contribution in [0.2, 0.25) is 0 Å². The Kier molecular flexibility index (Phi) is 5.84. The van der Waals surface area contributed by atoms with Crippen LogP contribution in [0.4, 0.5) is 0 Å². The molecule has 0 bridgehead atoms. The lowest BCUT2D eigenvalue weighted by molar-refractivity contribution is 0.0378. The van der Waals surface area contributed by atoms with Gasteiger partial charge in [-0.25, -0.2) is 9.48 Å². The number of ether oxygens (including phenoxy) is 1. The minimum atomic E-state index is -0.380. The molecule has 0 saturated carbocycles. The summed E-state index contributed by atoms with van der Waals surface area (Å²) in [5.74, 6) is 0.706. The van der Waals surface area contributed by atoms with E-state index in [4.69, 9.17) is 4.74 Å². The molecule has 142 valence electrons. The van der Waals surface area contributed by atoms with Crippen molar-refractivity contribution < 1.29 is 9.53 Å². The van der Waals surface area contributed by atoms with Crippen LogP contribution in [0.25, 0.3) is 11.4 Å². The van der Waals surface area contributed by atoms with Crippen LogP contribution in [0, 0.1) is 0 Å². The first-order valence-corrected chi connectivity index (χ1v) is 8.91. The largest absolute Gasteiger partial charge is 0.459 e. The molecule has 0 radical (unpaired) electrons. The molecule has 2 heterocycles. The third-order valence-electron chi connectivity index (χ3n) is 3.76. The van der Waals surface area contributed by atoms with Crippen LogP contribution in [-0.2, 0) is 17.8 Å². The number of hydrogen-bond donors (Lipinski definition) is 0. The van der Waals surface area contributed by atoms with Gasteiger partial charge < -0.3 is 4.74 Å². The summed E-state index contributed by atoms with van der Waals surface area (Å²) in [7, 11) is 0. The van der Waals surface area contributed by atoms with Crippen molar-refractivity contribution in [1.29, 1.82) is 0 Å². The highest BCUT2D eigenvalue weighted by Gasteiger charge is 2.14. The van der Waals surface area contributed by atoms with Crippen molar-refractivity contribution in [2.45, 2.75) is 52.8 Å². The van der Waals surface area contributed by atoms with Gasteiger partial charge in [0.25, 0.3) is 0 Å². The van der Waals surface area contributed by atoms with E-state index in [0.717, 1.165) is 19.4 Å². The van der Waals surface area contributed by atoms with Crippen molar-refractivity contribution in [1.82, 2.24) is 40.4 Å². The monoisotopic (exact) mass is 370 g/mol. The van der Waals surface area contributed by atoms with E-state index < -0.39 is 0 Å². The summed E-state index contributed by atoms with van der Waals surface area (Å²) in [5.41, 5.74) is 1.13. The van der Waals surface area contributed by atoms with Crippen molar-refractivity contribution >= 4 is 5.97 Å². The summed E-state index contributed by atoms with van der Waals surface area (Å²) in [5, 5.41) is 24.2. The molecule has 0 spiro atoms. The Balaban J connectivity index is 1.74.